The highest BCUT2D eigenvalue weighted by molar-refractivity contribution is 14.1. The number of halogens is 1. The quantitative estimate of drug-likeness (QED) is 0.172. The molecule has 0 aliphatic heterocycles. The van der Waals surface area contributed by atoms with Gasteiger partial charge < -0.3 is 20.9 Å². The van der Waals surface area contributed by atoms with Crippen molar-refractivity contribution in [3.63, 3.8) is 0 Å². The standard InChI is InChI=1S/C15H29IN4O5/c1-15(2,3)25-14(24)19-20(12(21)8-9-18-4)10(13(22)23)6-5-7-11(16)17/h10-11,18H,5-9,17H2,1-4H3,(H,19,24)(H,22,23)/t10-,11?/m0/s1. The van der Waals surface area contributed by atoms with Gasteiger partial charge in [0.1, 0.15) is 5.60 Å². The largest absolute Gasteiger partial charge is 0.480 e. The molecule has 0 fully saturated rings. The third-order valence-corrected chi connectivity index (χ3v) is 3.65. The van der Waals surface area contributed by atoms with Gasteiger partial charge in [0.25, 0.3) is 0 Å². The Morgan fingerprint density at radius 2 is 1.88 bits per heavy atom. The van der Waals surface area contributed by atoms with Gasteiger partial charge in [-0.05, 0) is 47.1 Å². The van der Waals surface area contributed by atoms with Gasteiger partial charge in [-0.2, -0.15) is 0 Å². The number of hydrogen-bond acceptors (Lipinski definition) is 6. The van der Waals surface area contributed by atoms with Crippen molar-refractivity contribution in [2.45, 2.75) is 62.1 Å². The molecule has 0 aliphatic carbocycles. The van der Waals surface area contributed by atoms with Crippen molar-refractivity contribution in [2.24, 2.45) is 5.73 Å². The zero-order chi connectivity index (χ0) is 19.6. The SMILES string of the molecule is CNCCC(=O)N(NC(=O)OC(C)(C)C)[C@@H](CCCC(N)I)C(=O)O. The van der Waals surface area contributed by atoms with Gasteiger partial charge >= 0.3 is 12.1 Å². The summed E-state index contributed by atoms with van der Waals surface area (Å²) in [4.78, 5) is 36.0. The molecule has 5 N–H and O–H groups in total. The van der Waals surface area contributed by atoms with Crippen LogP contribution < -0.4 is 16.5 Å². The monoisotopic (exact) mass is 472 g/mol. The van der Waals surface area contributed by atoms with Crippen LogP contribution in [-0.2, 0) is 14.3 Å². The van der Waals surface area contributed by atoms with Crippen LogP contribution in [0.15, 0.2) is 0 Å². The molecule has 0 aromatic carbocycles. The van der Waals surface area contributed by atoms with Gasteiger partial charge in [-0.25, -0.2) is 20.0 Å². The Kier molecular flexibility index (Phi) is 10.9. The van der Waals surface area contributed by atoms with Crippen LogP contribution in [0, 0.1) is 0 Å². The fourth-order valence-corrected chi connectivity index (χ4v) is 2.38. The molecule has 2 atom stereocenters. The van der Waals surface area contributed by atoms with E-state index in [1.54, 1.807) is 27.8 Å². The number of aliphatic carboxylic acids is 1. The first-order valence-electron chi connectivity index (χ1n) is 8.06. The van der Waals surface area contributed by atoms with E-state index in [1.807, 2.05) is 22.6 Å². The second kappa shape index (κ2) is 11.5. The van der Waals surface area contributed by atoms with Crippen LogP contribution in [0.5, 0.6) is 0 Å². The van der Waals surface area contributed by atoms with E-state index in [4.69, 9.17) is 10.5 Å². The van der Waals surface area contributed by atoms with Gasteiger partial charge in [-0.3, -0.25) is 4.79 Å². The van der Waals surface area contributed by atoms with Crippen LogP contribution in [0.3, 0.4) is 0 Å². The molecule has 0 rings (SSSR count). The van der Waals surface area contributed by atoms with Crippen LogP contribution in [0.1, 0.15) is 46.5 Å². The summed E-state index contributed by atoms with van der Waals surface area (Å²) >= 11 is 2.04. The molecule has 0 heterocycles. The van der Waals surface area contributed by atoms with Crippen LogP contribution in [0.2, 0.25) is 0 Å². The normalized spacial score (nSPS) is 13.7. The third kappa shape index (κ3) is 11.2. The predicted molar refractivity (Wildman–Crippen MR) is 102 cm³/mol. The van der Waals surface area contributed by atoms with E-state index in [0.717, 1.165) is 5.01 Å². The van der Waals surface area contributed by atoms with Gasteiger partial charge in [0.2, 0.25) is 5.91 Å². The number of alkyl halides is 1. The molecule has 146 valence electrons. The number of hydrazine groups is 1. The maximum atomic E-state index is 12.4. The van der Waals surface area contributed by atoms with Crippen molar-refractivity contribution >= 4 is 40.6 Å². The minimum atomic E-state index is -1.20. The lowest BCUT2D eigenvalue weighted by molar-refractivity contribution is -0.153. The maximum absolute atomic E-state index is 12.4. The Labute approximate surface area is 162 Å². The van der Waals surface area contributed by atoms with Crippen molar-refractivity contribution < 1.29 is 24.2 Å². The minimum Gasteiger partial charge on any atom is -0.480 e. The molecule has 9 nitrogen and oxygen atoms in total. The first-order valence-corrected chi connectivity index (χ1v) is 9.31. The van der Waals surface area contributed by atoms with Gasteiger partial charge in [0.05, 0.1) is 4.05 Å². The maximum Gasteiger partial charge on any atom is 0.426 e. The zero-order valence-electron chi connectivity index (χ0n) is 15.2. The smallest absolute Gasteiger partial charge is 0.426 e. The molecule has 0 spiro atoms. The number of rotatable bonds is 9. The molecule has 0 aromatic rings. The van der Waals surface area contributed by atoms with Crippen molar-refractivity contribution in [1.82, 2.24) is 15.8 Å². The highest BCUT2D eigenvalue weighted by Crippen LogP contribution is 2.13. The van der Waals surface area contributed by atoms with Crippen molar-refractivity contribution in [2.75, 3.05) is 13.6 Å². The lowest BCUT2D eigenvalue weighted by Gasteiger charge is -2.30. The highest BCUT2D eigenvalue weighted by Gasteiger charge is 2.32. The van der Waals surface area contributed by atoms with Crippen LogP contribution in [0.25, 0.3) is 0 Å². The van der Waals surface area contributed by atoms with Crippen LogP contribution in [-0.4, -0.2) is 57.4 Å². The van der Waals surface area contributed by atoms with Crippen molar-refractivity contribution in [3.8, 4) is 0 Å². The van der Waals surface area contributed by atoms with Gasteiger partial charge in [-0.1, -0.05) is 22.6 Å². The summed E-state index contributed by atoms with van der Waals surface area (Å²) in [5.41, 5.74) is 7.18. The molecule has 10 heteroatoms. The van der Waals surface area contributed by atoms with Gasteiger partial charge in [-0.15, -0.1) is 0 Å². The topological polar surface area (TPSA) is 134 Å². The molecule has 25 heavy (non-hydrogen) atoms. The molecule has 0 saturated heterocycles. The molecule has 1 unspecified atom stereocenters. The fourth-order valence-electron chi connectivity index (χ4n) is 1.93. The van der Waals surface area contributed by atoms with E-state index in [9.17, 15) is 19.5 Å². The van der Waals surface area contributed by atoms with Crippen LogP contribution in [0.4, 0.5) is 4.79 Å². The summed E-state index contributed by atoms with van der Waals surface area (Å²) in [6.07, 6.45) is 0.458. The molecule has 0 aliphatic rings. The van der Waals surface area contributed by atoms with Crippen LogP contribution >= 0.6 is 22.6 Å². The lowest BCUT2D eigenvalue weighted by atomic mass is 10.1. The predicted octanol–water partition coefficient (Wildman–Crippen LogP) is 1.21. The van der Waals surface area contributed by atoms with E-state index >= 15 is 0 Å². The molecule has 0 aromatic heterocycles. The van der Waals surface area contributed by atoms with Crippen molar-refractivity contribution in [1.29, 1.82) is 0 Å². The Balaban J connectivity index is 5.18. The van der Waals surface area contributed by atoms with E-state index in [0.29, 0.717) is 19.4 Å². The Bertz CT molecular complexity index is 454. The number of hydrogen-bond donors (Lipinski definition) is 4. The number of carboxylic acid groups (broad SMARTS) is 1. The Hall–Kier alpha value is -1.14. The molecule has 2 amide bonds. The number of carbonyl (C=O) groups is 3. The summed E-state index contributed by atoms with van der Waals surface area (Å²) in [5.74, 6) is -1.71. The highest BCUT2D eigenvalue weighted by atomic mass is 127. The molecular formula is C15H29IN4O5. The number of nitrogens with one attached hydrogen (secondary N) is 2. The fraction of sp³-hybridized carbons (Fsp3) is 0.800. The summed E-state index contributed by atoms with van der Waals surface area (Å²) in [6, 6.07) is -1.19. The average molecular weight is 472 g/mol. The van der Waals surface area contributed by atoms with E-state index in [2.05, 4.69) is 10.7 Å². The summed E-state index contributed by atoms with van der Waals surface area (Å²) in [6.45, 7) is 5.39. The number of ether oxygens (including phenoxy) is 1. The second-order valence-corrected chi connectivity index (χ2v) is 8.13. The first kappa shape index (κ1) is 23.9. The summed E-state index contributed by atoms with van der Waals surface area (Å²) in [5, 5.41) is 13.2. The summed E-state index contributed by atoms with van der Waals surface area (Å²) < 4.78 is 5.02. The number of nitrogens with zero attached hydrogens (tertiary/aromatic N) is 1. The Morgan fingerprint density at radius 1 is 1.28 bits per heavy atom. The third-order valence-electron chi connectivity index (χ3n) is 3.02. The van der Waals surface area contributed by atoms with Gasteiger partial charge in [0.15, 0.2) is 6.04 Å². The number of carboxylic acids is 1. The zero-order valence-corrected chi connectivity index (χ0v) is 17.3. The van der Waals surface area contributed by atoms with Crippen molar-refractivity contribution in [3.05, 3.63) is 0 Å². The van der Waals surface area contributed by atoms with E-state index in [1.165, 1.54) is 0 Å². The number of amides is 2. The number of carbonyl (C=O) groups excluding carboxylic acids is 2. The molecule has 0 saturated carbocycles. The number of nitrogens with two attached hydrogens (primary N) is 1. The van der Waals surface area contributed by atoms with E-state index in [-0.39, 0.29) is 16.9 Å². The van der Waals surface area contributed by atoms with E-state index < -0.39 is 29.6 Å². The van der Waals surface area contributed by atoms with Gasteiger partial charge in [0, 0.05) is 13.0 Å². The lowest BCUT2D eigenvalue weighted by Crippen LogP contribution is -2.56. The summed E-state index contributed by atoms with van der Waals surface area (Å²) in [7, 11) is 1.68. The second-order valence-electron chi connectivity index (χ2n) is 6.53. The molecule has 0 bridgehead atoms. The minimum absolute atomic E-state index is 0.0435. The molecule has 0 radical (unpaired) electrons. The first-order chi connectivity index (χ1) is 11.5. The molecular weight excluding hydrogens is 443 g/mol. The average Bonchev–Trinajstić information content (AvgIpc) is 2.44. The Morgan fingerprint density at radius 3 is 2.32 bits per heavy atom.